The van der Waals surface area contributed by atoms with Crippen molar-refractivity contribution >= 4 is 17.4 Å². The molecule has 94 valence electrons. The van der Waals surface area contributed by atoms with E-state index in [-0.39, 0.29) is 10.6 Å². The monoisotopic (exact) mass is 269 g/mol. The molecule has 0 radical (unpaired) electrons. The first kappa shape index (κ1) is 12.3. The molecule has 18 heavy (non-hydrogen) atoms. The maximum absolute atomic E-state index is 13.6. The summed E-state index contributed by atoms with van der Waals surface area (Å²) in [4.78, 5) is 10.0. The third-order valence-electron chi connectivity index (χ3n) is 2.16. The lowest BCUT2D eigenvalue weighted by atomic mass is 10.3. The van der Waals surface area contributed by atoms with Crippen molar-refractivity contribution in [3.8, 4) is 0 Å². The number of nitrogen functional groups attached to an aromatic ring is 1. The highest BCUT2D eigenvalue weighted by molar-refractivity contribution is 7.99. The minimum Gasteiger partial charge on any atom is -0.336 e. The summed E-state index contributed by atoms with van der Waals surface area (Å²) in [5, 5.41) is 18.3. The summed E-state index contributed by atoms with van der Waals surface area (Å²) < 4.78 is 14.8. The first-order valence-corrected chi connectivity index (χ1v) is 5.59. The van der Waals surface area contributed by atoms with E-state index in [0.717, 1.165) is 17.8 Å². The maximum Gasteiger partial charge on any atom is 0.272 e. The summed E-state index contributed by atoms with van der Waals surface area (Å²) in [6.45, 7) is 1.66. The molecule has 0 atom stereocenters. The van der Waals surface area contributed by atoms with E-state index in [9.17, 15) is 14.5 Å². The largest absolute Gasteiger partial charge is 0.336 e. The van der Waals surface area contributed by atoms with Gasteiger partial charge in [0, 0.05) is 6.07 Å². The lowest BCUT2D eigenvalue weighted by Crippen LogP contribution is -2.11. The number of aryl methyl sites for hydroxylation is 1. The molecule has 2 N–H and O–H groups in total. The van der Waals surface area contributed by atoms with Crippen LogP contribution >= 0.6 is 11.8 Å². The minimum atomic E-state index is -0.699. The quantitative estimate of drug-likeness (QED) is 0.515. The number of aromatic nitrogens is 3. The van der Waals surface area contributed by atoms with Crippen LogP contribution in [0.5, 0.6) is 0 Å². The van der Waals surface area contributed by atoms with Crippen LogP contribution < -0.4 is 5.84 Å². The number of rotatable bonds is 3. The maximum atomic E-state index is 13.6. The topological polar surface area (TPSA) is 99.9 Å². The van der Waals surface area contributed by atoms with E-state index in [1.807, 2.05) is 0 Å². The van der Waals surface area contributed by atoms with Crippen molar-refractivity contribution in [1.82, 2.24) is 14.9 Å². The molecule has 0 amide bonds. The van der Waals surface area contributed by atoms with Crippen LogP contribution in [0.4, 0.5) is 10.1 Å². The molecule has 0 unspecified atom stereocenters. The van der Waals surface area contributed by atoms with Gasteiger partial charge in [-0.3, -0.25) is 10.1 Å². The van der Waals surface area contributed by atoms with Crippen molar-refractivity contribution in [1.29, 1.82) is 0 Å². The van der Waals surface area contributed by atoms with Gasteiger partial charge in [0.2, 0.25) is 5.16 Å². The Balaban J connectivity index is 2.30. The van der Waals surface area contributed by atoms with Gasteiger partial charge in [0.15, 0.2) is 0 Å². The molecular weight excluding hydrogens is 261 g/mol. The van der Waals surface area contributed by atoms with Gasteiger partial charge in [-0.15, -0.1) is 10.2 Å². The molecule has 0 bridgehead atoms. The zero-order valence-corrected chi connectivity index (χ0v) is 10.0. The molecule has 9 heteroatoms. The van der Waals surface area contributed by atoms with Crippen LogP contribution in [-0.2, 0) is 0 Å². The van der Waals surface area contributed by atoms with Crippen LogP contribution in [0.25, 0.3) is 0 Å². The highest BCUT2D eigenvalue weighted by Gasteiger charge is 2.14. The molecule has 7 nitrogen and oxygen atoms in total. The summed E-state index contributed by atoms with van der Waals surface area (Å²) in [7, 11) is 0. The Morgan fingerprint density at radius 1 is 1.50 bits per heavy atom. The Hall–Kier alpha value is -2.16. The second-order valence-corrected chi connectivity index (χ2v) is 4.38. The highest BCUT2D eigenvalue weighted by Crippen LogP contribution is 2.30. The number of nitrogens with zero attached hydrogens (tertiary/aromatic N) is 4. The molecule has 0 saturated heterocycles. The first-order chi connectivity index (χ1) is 8.49. The number of nitrogens with two attached hydrogens (primary N) is 1. The first-order valence-electron chi connectivity index (χ1n) is 4.78. The van der Waals surface area contributed by atoms with Gasteiger partial charge in [-0.2, -0.15) is 0 Å². The Bertz CT molecular complexity index is 615. The predicted molar refractivity (Wildman–Crippen MR) is 62.1 cm³/mol. The number of benzene rings is 1. The average Bonchev–Trinajstić information content (AvgIpc) is 2.63. The van der Waals surface area contributed by atoms with Gasteiger partial charge in [-0.05, 0) is 24.8 Å². The van der Waals surface area contributed by atoms with Crippen LogP contribution in [-0.4, -0.2) is 19.8 Å². The Morgan fingerprint density at radius 3 is 2.72 bits per heavy atom. The average molecular weight is 269 g/mol. The van der Waals surface area contributed by atoms with E-state index < -0.39 is 10.7 Å². The van der Waals surface area contributed by atoms with Crippen molar-refractivity contribution in [3.05, 3.63) is 40.0 Å². The fraction of sp³-hybridized carbons (Fsp3) is 0.111. The fourth-order valence-corrected chi connectivity index (χ4v) is 2.01. The summed E-state index contributed by atoms with van der Waals surface area (Å²) >= 11 is 0.949. The molecule has 0 aliphatic heterocycles. The molecule has 2 aromatic rings. The SMILES string of the molecule is Cc1nnc(Sc2ccc([N+](=O)[O-])cc2F)n1N. The van der Waals surface area contributed by atoms with Crippen molar-refractivity contribution in [2.24, 2.45) is 0 Å². The molecule has 0 saturated carbocycles. The number of non-ortho nitro benzene ring substituents is 1. The summed E-state index contributed by atoms with van der Waals surface area (Å²) in [6.07, 6.45) is 0. The normalized spacial score (nSPS) is 10.6. The molecule has 0 aliphatic rings. The molecule has 1 aromatic carbocycles. The molecule has 0 fully saturated rings. The molecule has 0 spiro atoms. The molecular formula is C9H8FN5O2S. The van der Waals surface area contributed by atoms with Crippen LogP contribution in [0.3, 0.4) is 0 Å². The van der Waals surface area contributed by atoms with Gasteiger partial charge in [0.1, 0.15) is 11.6 Å². The number of hydrogen-bond acceptors (Lipinski definition) is 6. The van der Waals surface area contributed by atoms with Crippen LogP contribution in [0, 0.1) is 22.9 Å². The van der Waals surface area contributed by atoms with Crippen molar-refractivity contribution < 1.29 is 9.31 Å². The van der Waals surface area contributed by atoms with Crippen LogP contribution in [0.2, 0.25) is 0 Å². The third-order valence-corrected chi connectivity index (χ3v) is 3.17. The van der Waals surface area contributed by atoms with Crippen molar-refractivity contribution in [2.45, 2.75) is 17.0 Å². The smallest absolute Gasteiger partial charge is 0.272 e. The highest BCUT2D eigenvalue weighted by atomic mass is 32.2. The molecule has 0 aliphatic carbocycles. The van der Waals surface area contributed by atoms with Crippen LogP contribution in [0.1, 0.15) is 5.82 Å². The summed E-state index contributed by atoms with van der Waals surface area (Å²) in [5.41, 5.74) is -0.303. The number of nitro groups is 1. The van der Waals surface area contributed by atoms with Crippen LogP contribution in [0.15, 0.2) is 28.3 Å². The zero-order valence-electron chi connectivity index (χ0n) is 9.20. The summed E-state index contributed by atoms with van der Waals surface area (Å²) in [5.74, 6) is 5.41. The van der Waals surface area contributed by atoms with Gasteiger partial charge in [-0.25, -0.2) is 9.07 Å². The number of halogens is 1. The Morgan fingerprint density at radius 2 is 2.22 bits per heavy atom. The lowest BCUT2D eigenvalue weighted by Gasteiger charge is -2.02. The van der Waals surface area contributed by atoms with Gasteiger partial charge in [0.25, 0.3) is 5.69 Å². The number of nitro benzene ring substituents is 1. The van der Waals surface area contributed by atoms with Crippen molar-refractivity contribution in [3.63, 3.8) is 0 Å². The number of hydrogen-bond donors (Lipinski definition) is 1. The van der Waals surface area contributed by atoms with E-state index >= 15 is 0 Å². The van der Waals surface area contributed by atoms with E-state index in [2.05, 4.69) is 10.2 Å². The van der Waals surface area contributed by atoms with E-state index in [4.69, 9.17) is 5.84 Å². The van der Waals surface area contributed by atoms with E-state index in [0.29, 0.717) is 11.0 Å². The minimum absolute atomic E-state index is 0.194. The predicted octanol–water partition coefficient (Wildman–Crippen LogP) is 1.50. The Labute approximate surface area is 105 Å². The van der Waals surface area contributed by atoms with Gasteiger partial charge < -0.3 is 5.84 Å². The second kappa shape index (κ2) is 4.61. The fourth-order valence-electron chi connectivity index (χ4n) is 1.20. The lowest BCUT2D eigenvalue weighted by molar-refractivity contribution is -0.385. The van der Waals surface area contributed by atoms with Gasteiger partial charge in [-0.1, -0.05) is 0 Å². The zero-order chi connectivity index (χ0) is 13.3. The summed E-state index contributed by atoms with van der Waals surface area (Å²) in [6, 6.07) is 3.38. The van der Waals surface area contributed by atoms with Gasteiger partial charge in [0.05, 0.1) is 15.9 Å². The van der Waals surface area contributed by atoms with Gasteiger partial charge >= 0.3 is 0 Å². The second-order valence-electron chi connectivity index (χ2n) is 3.37. The molecule has 1 aromatic heterocycles. The standard InChI is InChI=1S/C9H8FN5O2S/c1-5-12-13-9(14(5)11)18-8-3-2-6(15(16)17)4-7(8)10/h2-4H,11H2,1H3. The molecule has 2 rings (SSSR count). The van der Waals surface area contributed by atoms with Crippen molar-refractivity contribution in [2.75, 3.05) is 5.84 Å². The van der Waals surface area contributed by atoms with E-state index in [1.165, 1.54) is 16.8 Å². The molecule has 1 heterocycles. The third kappa shape index (κ3) is 2.25. The van der Waals surface area contributed by atoms with E-state index in [1.54, 1.807) is 6.92 Å². The Kier molecular flexibility index (Phi) is 3.15.